The van der Waals surface area contributed by atoms with E-state index in [1.54, 1.807) is 0 Å². The molecule has 0 radical (unpaired) electrons. The molecule has 0 aromatic rings. The highest BCUT2D eigenvalue weighted by molar-refractivity contribution is 5.88. The molecule has 2 aliphatic carbocycles. The predicted molar refractivity (Wildman–Crippen MR) is 39.6 cm³/mol. The van der Waals surface area contributed by atoms with Gasteiger partial charge in [-0.15, -0.1) is 0 Å². The van der Waals surface area contributed by atoms with Crippen LogP contribution in [0.3, 0.4) is 0 Å². The van der Waals surface area contributed by atoms with E-state index in [2.05, 4.69) is 13.0 Å². The fourth-order valence-corrected chi connectivity index (χ4v) is 2.09. The van der Waals surface area contributed by atoms with Crippen molar-refractivity contribution in [2.75, 3.05) is 0 Å². The SMILES string of the molecule is C/C=C1/CC2CC(=O)C2C1. The molecule has 0 aromatic heterocycles. The third-order valence-corrected chi connectivity index (χ3v) is 2.86. The van der Waals surface area contributed by atoms with Crippen molar-refractivity contribution < 1.29 is 4.79 Å². The minimum atomic E-state index is 0.436. The second kappa shape index (κ2) is 1.94. The maximum absolute atomic E-state index is 10.9. The van der Waals surface area contributed by atoms with Crippen LogP contribution in [0.2, 0.25) is 0 Å². The summed E-state index contributed by atoms with van der Waals surface area (Å²) in [7, 11) is 0. The highest BCUT2D eigenvalue weighted by Gasteiger charge is 2.44. The lowest BCUT2D eigenvalue weighted by molar-refractivity contribution is -0.132. The van der Waals surface area contributed by atoms with Gasteiger partial charge in [-0.25, -0.2) is 0 Å². The molecular formula is C9H12O. The molecule has 0 heterocycles. The van der Waals surface area contributed by atoms with Crippen molar-refractivity contribution in [2.24, 2.45) is 11.8 Å². The Balaban J connectivity index is 2.12. The number of hydrogen-bond donors (Lipinski definition) is 0. The lowest BCUT2D eigenvalue weighted by Crippen LogP contribution is -2.32. The standard InChI is InChI=1S/C9H12O/c1-2-6-3-7-5-9(10)8(7)4-6/h2,7-8H,3-5H2,1H3/b6-2-. The van der Waals surface area contributed by atoms with Gasteiger partial charge < -0.3 is 0 Å². The zero-order valence-corrected chi connectivity index (χ0v) is 6.26. The van der Waals surface area contributed by atoms with E-state index in [0.29, 0.717) is 11.7 Å². The molecule has 0 saturated heterocycles. The van der Waals surface area contributed by atoms with Gasteiger partial charge in [-0.2, -0.15) is 0 Å². The Labute approximate surface area is 61.1 Å². The number of allylic oxidation sites excluding steroid dienone is 2. The van der Waals surface area contributed by atoms with Crippen LogP contribution in [0.25, 0.3) is 0 Å². The van der Waals surface area contributed by atoms with E-state index >= 15 is 0 Å². The van der Waals surface area contributed by atoms with Gasteiger partial charge in [-0.1, -0.05) is 11.6 Å². The third-order valence-electron chi connectivity index (χ3n) is 2.86. The third kappa shape index (κ3) is 0.664. The summed E-state index contributed by atoms with van der Waals surface area (Å²) in [6, 6.07) is 0. The molecule has 2 atom stereocenters. The first-order chi connectivity index (χ1) is 4.81. The van der Waals surface area contributed by atoms with E-state index in [4.69, 9.17) is 0 Å². The maximum Gasteiger partial charge on any atom is 0.136 e. The Morgan fingerprint density at radius 1 is 1.40 bits per heavy atom. The Hall–Kier alpha value is -0.590. The van der Waals surface area contributed by atoms with Crippen LogP contribution in [0.5, 0.6) is 0 Å². The largest absolute Gasteiger partial charge is 0.299 e. The van der Waals surface area contributed by atoms with Gasteiger partial charge in [0, 0.05) is 12.3 Å². The number of ketones is 1. The van der Waals surface area contributed by atoms with Crippen molar-refractivity contribution in [1.29, 1.82) is 0 Å². The summed E-state index contributed by atoms with van der Waals surface area (Å²) < 4.78 is 0. The van der Waals surface area contributed by atoms with E-state index in [0.717, 1.165) is 18.8 Å². The summed E-state index contributed by atoms with van der Waals surface area (Å²) in [4.78, 5) is 10.9. The number of Topliss-reactive ketones (excluding diaryl/α,β-unsaturated/α-hetero) is 1. The molecule has 2 unspecified atom stereocenters. The van der Waals surface area contributed by atoms with Crippen molar-refractivity contribution in [3.63, 3.8) is 0 Å². The van der Waals surface area contributed by atoms with Crippen molar-refractivity contribution in [2.45, 2.75) is 26.2 Å². The molecule has 0 amide bonds. The van der Waals surface area contributed by atoms with Crippen molar-refractivity contribution in [3.8, 4) is 0 Å². The topological polar surface area (TPSA) is 17.1 Å². The van der Waals surface area contributed by atoms with E-state index < -0.39 is 0 Å². The highest BCUT2D eigenvalue weighted by atomic mass is 16.1. The first kappa shape index (κ1) is 6.14. The zero-order chi connectivity index (χ0) is 7.14. The second-order valence-corrected chi connectivity index (χ2v) is 3.39. The molecule has 0 aliphatic heterocycles. The molecule has 2 rings (SSSR count). The molecule has 0 aromatic carbocycles. The van der Waals surface area contributed by atoms with Crippen LogP contribution >= 0.6 is 0 Å². The van der Waals surface area contributed by atoms with Gasteiger partial charge in [0.2, 0.25) is 0 Å². The molecule has 1 heteroatoms. The van der Waals surface area contributed by atoms with E-state index in [1.165, 1.54) is 12.0 Å². The highest BCUT2D eigenvalue weighted by Crippen LogP contribution is 2.46. The summed E-state index contributed by atoms with van der Waals surface area (Å²) in [5.41, 5.74) is 1.50. The van der Waals surface area contributed by atoms with Crippen molar-refractivity contribution in [3.05, 3.63) is 11.6 Å². The summed E-state index contributed by atoms with van der Waals surface area (Å²) in [5, 5.41) is 0. The number of fused-ring (bicyclic) bond motifs is 1. The monoisotopic (exact) mass is 136 g/mol. The van der Waals surface area contributed by atoms with Gasteiger partial charge in [0.1, 0.15) is 5.78 Å². The van der Waals surface area contributed by atoms with Crippen LogP contribution in [0.15, 0.2) is 11.6 Å². The summed E-state index contributed by atoms with van der Waals surface area (Å²) in [5.74, 6) is 1.67. The normalized spacial score (nSPS) is 41.7. The van der Waals surface area contributed by atoms with Gasteiger partial charge >= 0.3 is 0 Å². The van der Waals surface area contributed by atoms with Gasteiger partial charge in [0.05, 0.1) is 0 Å². The molecule has 0 bridgehead atoms. The van der Waals surface area contributed by atoms with Crippen LogP contribution in [-0.2, 0) is 4.79 Å². The van der Waals surface area contributed by atoms with E-state index in [9.17, 15) is 4.79 Å². The molecule has 2 aliphatic rings. The average Bonchev–Trinajstić information content (AvgIpc) is 2.26. The van der Waals surface area contributed by atoms with Crippen LogP contribution in [-0.4, -0.2) is 5.78 Å². The molecule has 2 saturated carbocycles. The van der Waals surface area contributed by atoms with Gasteiger partial charge in [0.25, 0.3) is 0 Å². The number of rotatable bonds is 0. The molecule has 1 nitrogen and oxygen atoms in total. The van der Waals surface area contributed by atoms with Crippen LogP contribution in [0, 0.1) is 11.8 Å². The zero-order valence-electron chi connectivity index (χ0n) is 6.26. The smallest absolute Gasteiger partial charge is 0.136 e. The molecule has 54 valence electrons. The Morgan fingerprint density at radius 3 is 2.70 bits per heavy atom. The molecule has 2 fully saturated rings. The summed E-state index contributed by atoms with van der Waals surface area (Å²) in [6.45, 7) is 2.07. The van der Waals surface area contributed by atoms with E-state index in [1.807, 2.05) is 0 Å². The Kier molecular flexibility index (Phi) is 1.19. The minimum absolute atomic E-state index is 0.436. The number of carbonyl (C=O) groups excluding carboxylic acids is 1. The van der Waals surface area contributed by atoms with Gasteiger partial charge in [-0.05, 0) is 25.7 Å². The van der Waals surface area contributed by atoms with Crippen molar-refractivity contribution in [1.82, 2.24) is 0 Å². The molecule has 0 spiro atoms. The fraction of sp³-hybridized carbons (Fsp3) is 0.667. The summed E-state index contributed by atoms with van der Waals surface area (Å²) >= 11 is 0. The Morgan fingerprint density at radius 2 is 2.20 bits per heavy atom. The van der Waals surface area contributed by atoms with Crippen molar-refractivity contribution >= 4 is 5.78 Å². The van der Waals surface area contributed by atoms with Gasteiger partial charge in [-0.3, -0.25) is 4.79 Å². The van der Waals surface area contributed by atoms with E-state index in [-0.39, 0.29) is 0 Å². The minimum Gasteiger partial charge on any atom is -0.299 e. The lowest BCUT2D eigenvalue weighted by atomic mass is 9.75. The Bertz CT molecular complexity index is 203. The van der Waals surface area contributed by atoms with Crippen LogP contribution in [0.4, 0.5) is 0 Å². The summed E-state index contributed by atoms with van der Waals surface area (Å²) in [6.07, 6.45) is 5.31. The fourth-order valence-electron chi connectivity index (χ4n) is 2.09. The quantitative estimate of drug-likeness (QED) is 0.465. The molecule has 10 heavy (non-hydrogen) atoms. The van der Waals surface area contributed by atoms with Crippen LogP contribution in [0.1, 0.15) is 26.2 Å². The van der Waals surface area contributed by atoms with Crippen LogP contribution < -0.4 is 0 Å². The maximum atomic E-state index is 10.9. The first-order valence-electron chi connectivity index (χ1n) is 3.98. The van der Waals surface area contributed by atoms with Gasteiger partial charge in [0.15, 0.2) is 0 Å². The molecule has 0 N–H and O–H groups in total. The second-order valence-electron chi connectivity index (χ2n) is 3.39. The lowest BCUT2D eigenvalue weighted by Gasteiger charge is -2.27. The number of carbonyl (C=O) groups is 1. The number of hydrogen-bond acceptors (Lipinski definition) is 1. The average molecular weight is 136 g/mol. The predicted octanol–water partition coefficient (Wildman–Crippen LogP) is 1.93. The first-order valence-corrected chi connectivity index (χ1v) is 3.98. The molecular weight excluding hydrogens is 124 g/mol.